The number of benzene rings is 1. The molecule has 2 rings (SSSR count). The lowest BCUT2D eigenvalue weighted by atomic mass is 10.2. The first kappa shape index (κ1) is 13.2. The molecule has 0 radical (unpaired) electrons. The number of carboxylic acids is 1. The summed E-state index contributed by atoms with van der Waals surface area (Å²) in [5.41, 5.74) is 2.12. The summed E-state index contributed by atoms with van der Waals surface area (Å²) >= 11 is 0. The van der Waals surface area contributed by atoms with Gasteiger partial charge >= 0.3 is 5.97 Å². The van der Waals surface area contributed by atoms with E-state index in [2.05, 4.69) is 5.32 Å². The largest absolute Gasteiger partial charge is 0.478 e. The highest BCUT2D eigenvalue weighted by Gasteiger charge is 2.12. The van der Waals surface area contributed by atoms with Crippen LogP contribution < -0.4 is 5.32 Å². The lowest BCUT2D eigenvalue weighted by molar-refractivity contribution is 0.0694. The van der Waals surface area contributed by atoms with Gasteiger partial charge in [0, 0.05) is 12.8 Å². The molecule has 0 aliphatic heterocycles. The number of furan rings is 1. The third kappa shape index (κ3) is 3.35. The molecular formula is C14H15NO4. The quantitative estimate of drug-likeness (QED) is 0.836. The number of carbonyl (C=O) groups is 1. The van der Waals surface area contributed by atoms with Crippen molar-refractivity contribution in [1.29, 1.82) is 0 Å². The fourth-order valence-corrected chi connectivity index (χ4v) is 1.79. The second kappa shape index (κ2) is 6.06. The van der Waals surface area contributed by atoms with E-state index in [-0.39, 0.29) is 5.56 Å². The van der Waals surface area contributed by atoms with Gasteiger partial charge in [0.05, 0.1) is 19.4 Å². The Labute approximate surface area is 110 Å². The fourth-order valence-electron chi connectivity index (χ4n) is 1.79. The zero-order chi connectivity index (χ0) is 13.7. The van der Waals surface area contributed by atoms with Crippen LogP contribution in [0, 0.1) is 0 Å². The maximum Gasteiger partial charge on any atom is 0.339 e. The molecule has 1 aromatic heterocycles. The van der Waals surface area contributed by atoms with Gasteiger partial charge in [-0.1, -0.05) is 12.1 Å². The van der Waals surface area contributed by atoms with E-state index in [4.69, 9.17) is 14.3 Å². The highest BCUT2D eigenvalue weighted by molar-refractivity contribution is 5.88. The van der Waals surface area contributed by atoms with Gasteiger partial charge in [-0.25, -0.2) is 4.79 Å². The Morgan fingerprint density at radius 1 is 1.42 bits per heavy atom. The molecule has 2 aromatic rings. The molecule has 0 unspecified atom stereocenters. The molecule has 1 aromatic carbocycles. The average molecular weight is 261 g/mol. The molecule has 0 amide bonds. The van der Waals surface area contributed by atoms with Gasteiger partial charge in [0.15, 0.2) is 0 Å². The smallest absolute Gasteiger partial charge is 0.339 e. The summed E-state index contributed by atoms with van der Waals surface area (Å²) in [6.45, 7) is 0.863. The molecule has 0 saturated carbocycles. The predicted molar refractivity (Wildman–Crippen MR) is 70.1 cm³/mol. The van der Waals surface area contributed by atoms with Crippen LogP contribution in [0.3, 0.4) is 0 Å². The van der Waals surface area contributed by atoms with Crippen molar-refractivity contribution in [2.45, 2.75) is 13.2 Å². The minimum Gasteiger partial charge on any atom is -0.478 e. The molecular weight excluding hydrogens is 246 g/mol. The number of anilines is 1. The average Bonchev–Trinajstić information content (AvgIpc) is 2.86. The summed E-state index contributed by atoms with van der Waals surface area (Å²) in [4.78, 5) is 10.9. The molecule has 0 atom stereocenters. The molecule has 19 heavy (non-hydrogen) atoms. The topological polar surface area (TPSA) is 71.7 Å². The maximum absolute atomic E-state index is 10.9. The monoisotopic (exact) mass is 261 g/mol. The van der Waals surface area contributed by atoms with Crippen molar-refractivity contribution in [2.75, 3.05) is 12.4 Å². The molecule has 0 fully saturated rings. The molecule has 5 heteroatoms. The molecule has 2 N–H and O–H groups in total. The lowest BCUT2D eigenvalue weighted by Crippen LogP contribution is -2.04. The van der Waals surface area contributed by atoms with Gasteiger partial charge < -0.3 is 19.6 Å². The first-order valence-electron chi connectivity index (χ1n) is 5.82. The summed E-state index contributed by atoms with van der Waals surface area (Å²) in [7, 11) is 1.64. The molecule has 0 aliphatic carbocycles. The van der Waals surface area contributed by atoms with Crippen molar-refractivity contribution in [2.24, 2.45) is 0 Å². The fraction of sp³-hybridized carbons (Fsp3) is 0.214. The van der Waals surface area contributed by atoms with Gasteiger partial charge in [-0.3, -0.25) is 0 Å². The number of nitrogens with one attached hydrogen (secondary N) is 1. The van der Waals surface area contributed by atoms with Crippen LogP contribution in [0.15, 0.2) is 41.0 Å². The van der Waals surface area contributed by atoms with Gasteiger partial charge in [-0.2, -0.15) is 0 Å². The number of hydrogen-bond acceptors (Lipinski definition) is 4. The van der Waals surface area contributed by atoms with E-state index in [0.29, 0.717) is 18.9 Å². The molecule has 100 valence electrons. The minimum absolute atomic E-state index is 0.181. The predicted octanol–water partition coefficient (Wildman–Crippen LogP) is 2.74. The van der Waals surface area contributed by atoms with Crippen LogP contribution in [-0.4, -0.2) is 18.2 Å². The second-order valence-corrected chi connectivity index (χ2v) is 4.05. The van der Waals surface area contributed by atoms with Crippen molar-refractivity contribution in [3.05, 3.63) is 53.5 Å². The van der Waals surface area contributed by atoms with Gasteiger partial charge in [-0.05, 0) is 23.8 Å². The molecule has 0 aliphatic rings. The van der Waals surface area contributed by atoms with Crippen LogP contribution >= 0.6 is 0 Å². The first-order valence-corrected chi connectivity index (χ1v) is 5.82. The zero-order valence-electron chi connectivity index (χ0n) is 10.6. The summed E-state index contributed by atoms with van der Waals surface area (Å²) < 4.78 is 10.2. The van der Waals surface area contributed by atoms with Crippen molar-refractivity contribution >= 4 is 11.7 Å². The van der Waals surface area contributed by atoms with Crippen LogP contribution in [0.4, 0.5) is 5.69 Å². The van der Waals surface area contributed by atoms with Crippen LogP contribution in [0.5, 0.6) is 0 Å². The normalized spacial score (nSPS) is 10.4. The third-order valence-electron chi connectivity index (χ3n) is 2.67. The van der Waals surface area contributed by atoms with Crippen LogP contribution in [0.2, 0.25) is 0 Å². The van der Waals surface area contributed by atoms with Crippen LogP contribution in [0.25, 0.3) is 0 Å². The highest BCUT2D eigenvalue weighted by Crippen LogP contribution is 2.15. The lowest BCUT2D eigenvalue weighted by Gasteiger charge is -2.07. The van der Waals surface area contributed by atoms with E-state index in [1.165, 1.54) is 12.3 Å². The van der Waals surface area contributed by atoms with Gasteiger partial charge in [0.25, 0.3) is 0 Å². The van der Waals surface area contributed by atoms with E-state index < -0.39 is 5.97 Å². The second-order valence-electron chi connectivity index (χ2n) is 4.05. The Bertz CT molecular complexity index is 562. The zero-order valence-corrected chi connectivity index (χ0v) is 10.6. The minimum atomic E-state index is -0.987. The molecule has 0 saturated heterocycles. The van der Waals surface area contributed by atoms with Gasteiger partial charge in [-0.15, -0.1) is 0 Å². The van der Waals surface area contributed by atoms with Crippen molar-refractivity contribution in [3.63, 3.8) is 0 Å². The van der Waals surface area contributed by atoms with Crippen LogP contribution in [0.1, 0.15) is 21.7 Å². The van der Waals surface area contributed by atoms with E-state index in [0.717, 1.165) is 11.3 Å². The summed E-state index contributed by atoms with van der Waals surface area (Å²) in [5.74, 6) is -0.580. The molecule has 5 nitrogen and oxygen atoms in total. The number of aromatic carboxylic acids is 1. The number of ether oxygens (including phenoxy) is 1. The Balaban J connectivity index is 2.04. The van der Waals surface area contributed by atoms with Crippen LogP contribution in [-0.2, 0) is 17.9 Å². The van der Waals surface area contributed by atoms with Gasteiger partial charge in [0.2, 0.25) is 0 Å². The SMILES string of the molecule is COCc1cccc(NCc2occc2C(=O)O)c1. The summed E-state index contributed by atoms with van der Waals surface area (Å²) in [6.07, 6.45) is 1.38. The van der Waals surface area contributed by atoms with Crippen molar-refractivity contribution < 1.29 is 19.1 Å². The first-order chi connectivity index (χ1) is 9.20. The van der Waals surface area contributed by atoms with Crippen molar-refractivity contribution in [3.8, 4) is 0 Å². The van der Waals surface area contributed by atoms with Gasteiger partial charge in [0.1, 0.15) is 11.3 Å². The number of methoxy groups -OCH3 is 1. The van der Waals surface area contributed by atoms with E-state index in [1.807, 2.05) is 24.3 Å². The summed E-state index contributed by atoms with van der Waals surface area (Å²) in [6, 6.07) is 9.18. The third-order valence-corrected chi connectivity index (χ3v) is 2.67. The molecule has 1 heterocycles. The number of hydrogen-bond donors (Lipinski definition) is 2. The highest BCUT2D eigenvalue weighted by atomic mass is 16.5. The molecule has 0 spiro atoms. The van der Waals surface area contributed by atoms with E-state index >= 15 is 0 Å². The Kier molecular flexibility index (Phi) is 4.20. The van der Waals surface area contributed by atoms with E-state index in [1.54, 1.807) is 7.11 Å². The van der Waals surface area contributed by atoms with Crippen molar-refractivity contribution in [1.82, 2.24) is 0 Å². The number of rotatable bonds is 6. The standard InChI is InChI=1S/C14H15NO4/c1-18-9-10-3-2-4-11(7-10)15-8-13-12(14(16)17)5-6-19-13/h2-7,15H,8-9H2,1H3,(H,16,17). The Morgan fingerprint density at radius 3 is 3.00 bits per heavy atom. The number of carboxylic acid groups (broad SMARTS) is 1. The Morgan fingerprint density at radius 2 is 2.26 bits per heavy atom. The molecule has 0 bridgehead atoms. The maximum atomic E-state index is 10.9. The van der Waals surface area contributed by atoms with E-state index in [9.17, 15) is 4.79 Å². The summed E-state index contributed by atoms with van der Waals surface area (Å²) in [5, 5.41) is 12.1. The Hall–Kier alpha value is -2.27.